The molecule has 3 nitrogen and oxygen atoms in total. The quantitative estimate of drug-likeness (QED) is 0.631. The van der Waals surface area contributed by atoms with Crippen LogP contribution in [0.4, 0.5) is 0 Å². The summed E-state index contributed by atoms with van der Waals surface area (Å²) >= 11 is 3.34. The zero-order valence-corrected chi connectivity index (χ0v) is 11.9. The Hall–Kier alpha value is -1.16. The molecule has 1 aliphatic carbocycles. The van der Waals surface area contributed by atoms with Gasteiger partial charge in [0.15, 0.2) is 0 Å². The molecule has 96 valence electrons. The van der Waals surface area contributed by atoms with Crippen molar-refractivity contribution in [1.29, 1.82) is 0 Å². The average Bonchev–Trinajstić information content (AvgIpc) is 2.89. The molecule has 0 atom stereocenters. The molecule has 1 aliphatic rings. The summed E-state index contributed by atoms with van der Waals surface area (Å²) in [4.78, 5) is 18.6. The zero-order chi connectivity index (χ0) is 13.0. The van der Waals surface area contributed by atoms with Crippen LogP contribution in [0.15, 0.2) is 35.6 Å². The van der Waals surface area contributed by atoms with Crippen LogP contribution in [0.25, 0.3) is 0 Å². The summed E-state index contributed by atoms with van der Waals surface area (Å²) in [7, 11) is 0. The fourth-order valence-electron chi connectivity index (χ4n) is 2.45. The van der Waals surface area contributed by atoms with E-state index < -0.39 is 0 Å². The number of pyridine rings is 1. The van der Waals surface area contributed by atoms with Crippen LogP contribution in [-0.4, -0.2) is 28.4 Å². The Morgan fingerprint density at radius 2 is 2.28 bits per heavy atom. The maximum absolute atomic E-state index is 12.6. The van der Waals surface area contributed by atoms with Gasteiger partial charge in [0.05, 0.1) is 5.56 Å². The first kappa shape index (κ1) is 13.3. The van der Waals surface area contributed by atoms with Gasteiger partial charge in [-0.3, -0.25) is 4.79 Å². The van der Waals surface area contributed by atoms with E-state index in [0.29, 0.717) is 22.8 Å². The van der Waals surface area contributed by atoms with Crippen molar-refractivity contribution in [3.05, 3.63) is 41.2 Å². The van der Waals surface area contributed by atoms with Crippen LogP contribution >= 0.6 is 15.9 Å². The SMILES string of the molecule is C=CCN(C(=O)c1cccnc1Br)C1CCCC1. The predicted molar refractivity (Wildman–Crippen MR) is 75.4 cm³/mol. The van der Waals surface area contributed by atoms with Crippen molar-refractivity contribution < 1.29 is 4.79 Å². The standard InChI is InChI=1S/C14H17BrN2O/c1-2-10-17(11-6-3-4-7-11)14(18)12-8-5-9-16-13(12)15/h2,5,8-9,11H,1,3-4,6-7,10H2. The molecule has 0 aliphatic heterocycles. The lowest BCUT2D eigenvalue weighted by Crippen LogP contribution is -2.39. The van der Waals surface area contributed by atoms with Gasteiger partial charge < -0.3 is 4.90 Å². The topological polar surface area (TPSA) is 33.2 Å². The Balaban J connectivity index is 2.22. The largest absolute Gasteiger partial charge is 0.332 e. The summed E-state index contributed by atoms with van der Waals surface area (Å²) in [6.45, 7) is 4.35. The van der Waals surface area contributed by atoms with Gasteiger partial charge in [-0.25, -0.2) is 4.98 Å². The van der Waals surface area contributed by atoms with Crippen LogP contribution < -0.4 is 0 Å². The van der Waals surface area contributed by atoms with E-state index in [1.54, 1.807) is 18.3 Å². The van der Waals surface area contributed by atoms with Gasteiger partial charge in [0, 0.05) is 18.8 Å². The third-order valence-electron chi connectivity index (χ3n) is 3.34. The van der Waals surface area contributed by atoms with Gasteiger partial charge >= 0.3 is 0 Å². The molecule has 0 aromatic carbocycles. The number of aromatic nitrogens is 1. The summed E-state index contributed by atoms with van der Waals surface area (Å²) in [6.07, 6.45) is 8.07. The second-order valence-corrected chi connectivity index (χ2v) is 5.28. The number of hydrogen-bond acceptors (Lipinski definition) is 2. The number of halogens is 1. The fourth-order valence-corrected chi connectivity index (χ4v) is 2.87. The zero-order valence-electron chi connectivity index (χ0n) is 10.3. The van der Waals surface area contributed by atoms with Crippen molar-refractivity contribution in [2.24, 2.45) is 0 Å². The molecule has 1 saturated carbocycles. The lowest BCUT2D eigenvalue weighted by atomic mass is 10.1. The van der Waals surface area contributed by atoms with Crippen molar-refractivity contribution in [2.45, 2.75) is 31.7 Å². The Morgan fingerprint density at radius 3 is 2.89 bits per heavy atom. The summed E-state index contributed by atoms with van der Waals surface area (Å²) in [6, 6.07) is 3.95. The molecular formula is C14H17BrN2O. The minimum atomic E-state index is 0.0433. The molecule has 0 N–H and O–H groups in total. The van der Waals surface area contributed by atoms with Gasteiger partial charge in [-0.2, -0.15) is 0 Å². The normalized spacial score (nSPS) is 15.6. The van der Waals surface area contributed by atoms with E-state index in [9.17, 15) is 4.79 Å². The summed E-state index contributed by atoms with van der Waals surface area (Å²) in [5.41, 5.74) is 0.631. The molecule has 0 saturated heterocycles. The number of nitrogens with zero attached hydrogens (tertiary/aromatic N) is 2. The predicted octanol–water partition coefficient (Wildman–Crippen LogP) is 3.41. The molecule has 2 rings (SSSR count). The highest BCUT2D eigenvalue weighted by atomic mass is 79.9. The second-order valence-electron chi connectivity index (χ2n) is 4.53. The third kappa shape index (κ3) is 2.80. The maximum atomic E-state index is 12.6. The Bertz CT molecular complexity index is 441. The lowest BCUT2D eigenvalue weighted by molar-refractivity contribution is 0.0705. The first-order valence-corrected chi connectivity index (χ1v) is 7.05. The minimum Gasteiger partial charge on any atom is -0.332 e. The van der Waals surface area contributed by atoms with E-state index in [4.69, 9.17) is 0 Å². The maximum Gasteiger partial charge on any atom is 0.257 e. The highest BCUT2D eigenvalue weighted by molar-refractivity contribution is 9.10. The Labute approximate surface area is 116 Å². The highest BCUT2D eigenvalue weighted by Crippen LogP contribution is 2.26. The van der Waals surface area contributed by atoms with Crippen LogP contribution in [0.3, 0.4) is 0 Å². The molecule has 0 unspecified atom stereocenters. The van der Waals surface area contributed by atoms with E-state index in [0.717, 1.165) is 12.8 Å². The molecule has 0 spiro atoms. The molecule has 1 heterocycles. The van der Waals surface area contributed by atoms with E-state index in [1.807, 2.05) is 11.0 Å². The van der Waals surface area contributed by atoms with Crippen LogP contribution in [0, 0.1) is 0 Å². The number of rotatable bonds is 4. The molecule has 0 radical (unpaired) electrons. The molecule has 1 fully saturated rings. The van der Waals surface area contributed by atoms with Gasteiger partial charge in [0.2, 0.25) is 0 Å². The lowest BCUT2D eigenvalue weighted by Gasteiger charge is -2.28. The van der Waals surface area contributed by atoms with E-state index in [1.165, 1.54) is 12.8 Å². The van der Waals surface area contributed by atoms with E-state index >= 15 is 0 Å². The van der Waals surface area contributed by atoms with Crippen LogP contribution in [0.2, 0.25) is 0 Å². The smallest absolute Gasteiger partial charge is 0.257 e. The highest BCUT2D eigenvalue weighted by Gasteiger charge is 2.27. The Kier molecular flexibility index (Phi) is 4.53. The van der Waals surface area contributed by atoms with Crippen LogP contribution in [-0.2, 0) is 0 Å². The summed E-state index contributed by atoms with van der Waals surface area (Å²) in [5.74, 6) is 0.0433. The molecule has 1 aromatic rings. The van der Waals surface area contributed by atoms with E-state index in [2.05, 4.69) is 27.5 Å². The van der Waals surface area contributed by atoms with Crippen LogP contribution in [0.1, 0.15) is 36.0 Å². The molecule has 0 bridgehead atoms. The van der Waals surface area contributed by atoms with Gasteiger partial charge in [-0.1, -0.05) is 18.9 Å². The minimum absolute atomic E-state index is 0.0433. The van der Waals surface area contributed by atoms with Gasteiger partial charge in [-0.05, 0) is 40.9 Å². The van der Waals surface area contributed by atoms with Gasteiger partial charge in [0.25, 0.3) is 5.91 Å². The first-order chi connectivity index (χ1) is 8.74. The monoisotopic (exact) mass is 308 g/mol. The Morgan fingerprint density at radius 1 is 1.56 bits per heavy atom. The van der Waals surface area contributed by atoms with Crippen molar-refractivity contribution in [1.82, 2.24) is 9.88 Å². The first-order valence-electron chi connectivity index (χ1n) is 6.26. The molecule has 4 heteroatoms. The molecular weight excluding hydrogens is 292 g/mol. The van der Waals surface area contributed by atoms with Crippen molar-refractivity contribution in [3.8, 4) is 0 Å². The van der Waals surface area contributed by atoms with Crippen molar-refractivity contribution in [3.63, 3.8) is 0 Å². The van der Waals surface area contributed by atoms with E-state index in [-0.39, 0.29) is 5.91 Å². The second kappa shape index (κ2) is 6.14. The fraction of sp³-hybridized carbons (Fsp3) is 0.429. The van der Waals surface area contributed by atoms with Crippen molar-refractivity contribution >= 4 is 21.8 Å². The molecule has 18 heavy (non-hydrogen) atoms. The number of carbonyl (C=O) groups is 1. The average molecular weight is 309 g/mol. The summed E-state index contributed by atoms with van der Waals surface area (Å²) in [5, 5.41) is 0. The number of carbonyl (C=O) groups excluding carboxylic acids is 1. The number of hydrogen-bond donors (Lipinski definition) is 0. The van der Waals surface area contributed by atoms with Gasteiger partial charge in [0.1, 0.15) is 4.60 Å². The van der Waals surface area contributed by atoms with Gasteiger partial charge in [-0.15, -0.1) is 6.58 Å². The van der Waals surface area contributed by atoms with Crippen molar-refractivity contribution in [2.75, 3.05) is 6.54 Å². The summed E-state index contributed by atoms with van der Waals surface area (Å²) < 4.78 is 0.613. The van der Waals surface area contributed by atoms with Crippen LogP contribution in [0.5, 0.6) is 0 Å². The molecule has 1 aromatic heterocycles. The third-order valence-corrected chi connectivity index (χ3v) is 3.97. The molecule has 1 amide bonds. The number of amides is 1.